The van der Waals surface area contributed by atoms with E-state index in [1.807, 2.05) is 29.2 Å². The molecule has 0 aliphatic carbocycles. The van der Waals surface area contributed by atoms with E-state index in [1.165, 1.54) is 5.56 Å². The monoisotopic (exact) mass is 294 g/mol. The number of carbonyl (C=O) groups is 1. The van der Waals surface area contributed by atoms with Crippen LogP contribution in [0, 0.1) is 28.7 Å². The van der Waals surface area contributed by atoms with Gasteiger partial charge in [0.2, 0.25) is 5.91 Å². The molecule has 2 aliphatic rings. The van der Waals surface area contributed by atoms with E-state index in [0.717, 1.165) is 32.6 Å². The van der Waals surface area contributed by atoms with Crippen LogP contribution in [-0.2, 0) is 4.79 Å². The number of nitrogens with zero attached hydrogens (tertiary/aromatic N) is 4. The average Bonchev–Trinajstić information content (AvgIpc) is 2.94. The van der Waals surface area contributed by atoms with E-state index in [1.54, 1.807) is 4.90 Å². The molecule has 0 saturated carbocycles. The topological polar surface area (TPSA) is 71.1 Å². The summed E-state index contributed by atoms with van der Waals surface area (Å²) in [7, 11) is 0. The molecule has 0 aromatic heterocycles. The molecule has 2 saturated heterocycles. The second-order valence-corrected chi connectivity index (χ2v) is 6.13. The summed E-state index contributed by atoms with van der Waals surface area (Å²) in [5, 5.41) is 17.6. The van der Waals surface area contributed by atoms with Crippen molar-refractivity contribution < 1.29 is 4.79 Å². The van der Waals surface area contributed by atoms with E-state index in [4.69, 9.17) is 10.5 Å². The van der Waals surface area contributed by atoms with E-state index >= 15 is 0 Å². The van der Waals surface area contributed by atoms with Gasteiger partial charge in [-0.25, -0.2) is 0 Å². The van der Waals surface area contributed by atoms with Gasteiger partial charge in [-0.1, -0.05) is 12.1 Å². The van der Waals surface area contributed by atoms with Crippen LogP contribution in [-0.4, -0.2) is 41.9 Å². The zero-order valence-corrected chi connectivity index (χ0v) is 12.4. The molecule has 0 bridgehead atoms. The summed E-state index contributed by atoms with van der Waals surface area (Å²) >= 11 is 0. The Kier molecular flexibility index (Phi) is 3.98. The minimum absolute atomic E-state index is 0.203. The highest BCUT2D eigenvalue weighted by Gasteiger charge is 2.33. The largest absolute Gasteiger partial charge is 0.341 e. The molecule has 5 heteroatoms. The third-order valence-corrected chi connectivity index (χ3v) is 4.64. The number of hydrogen-bond acceptors (Lipinski definition) is 4. The van der Waals surface area contributed by atoms with Crippen molar-refractivity contribution in [2.75, 3.05) is 26.2 Å². The van der Waals surface area contributed by atoms with Gasteiger partial charge < -0.3 is 9.80 Å². The summed E-state index contributed by atoms with van der Waals surface area (Å²) < 4.78 is 0. The van der Waals surface area contributed by atoms with E-state index in [9.17, 15) is 4.79 Å². The first-order valence-electron chi connectivity index (χ1n) is 7.62. The van der Waals surface area contributed by atoms with Gasteiger partial charge in [-0.2, -0.15) is 10.5 Å². The number of benzene rings is 1. The van der Waals surface area contributed by atoms with Crippen LogP contribution in [0.15, 0.2) is 24.3 Å². The maximum absolute atomic E-state index is 12.2. The Labute approximate surface area is 130 Å². The van der Waals surface area contributed by atoms with Gasteiger partial charge in [-0.3, -0.25) is 4.79 Å². The van der Waals surface area contributed by atoms with Gasteiger partial charge >= 0.3 is 0 Å². The molecule has 22 heavy (non-hydrogen) atoms. The second kappa shape index (κ2) is 6.07. The fraction of sp³-hybridized carbons (Fsp3) is 0.471. The van der Waals surface area contributed by atoms with Crippen LogP contribution in [0.25, 0.3) is 0 Å². The van der Waals surface area contributed by atoms with Crippen molar-refractivity contribution in [1.82, 2.24) is 9.80 Å². The zero-order valence-electron chi connectivity index (χ0n) is 12.4. The molecule has 3 rings (SSSR count). The third kappa shape index (κ3) is 2.89. The molecule has 1 amide bonds. The molecule has 2 heterocycles. The minimum Gasteiger partial charge on any atom is -0.341 e. The highest BCUT2D eigenvalue weighted by molar-refractivity contribution is 5.77. The van der Waals surface area contributed by atoms with E-state index in [-0.39, 0.29) is 5.91 Å². The fourth-order valence-electron chi connectivity index (χ4n) is 3.19. The van der Waals surface area contributed by atoms with Gasteiger partial charge in [-0.15, -0.1) is 0 Å². The molecule has 0 spiro atoms. The number of nitriles is 2. The second-order valence-electron chi connectivity index (χ2n) is 6.13. The van der Waals surface area contributed by atoms with Crippen LogP contribution in [0.3, 0.4) is 0 Å². The molecule has 1 aromatic rings. The molecule has 0 unspecified atom stereocenters. The Balaban J connectivity index is 1.47. The fourth-order valence-corrected chi connectivity index (χ4v) is 3.19. The molecular weight excluding hydrogens is 276 g/mol. The normalized spacial score (nSPS) is 21.1. The average molecular weight is 294 g/mol. The van der Waals surface area contributed by atoms with Crippen LogP contribution >= 0.6 is 0 Å². The van der Waals surface area contributed by atoms with Crippen molar-refractivity contribution in [2.45, 2.75) is 18.8 Å². The Morgan fingerprint density at radius 3 is 2.50 bits per heavy atom. The maximum Gasteiger partial charge on any atom is 0.222 e. The van der Waals surface area contributed by atoms with Crippen molar-refractivity contribution in [2.24, 2.45) is 5.92 Å². The zero-order chi connectivity index (χ0) is 15.5. The Hall–Kier alpha value is -2.53. The summed E-state index contributed by atoms with van der Waals surface area (Å²) in [6, 6.07) is 9.73. The Morgan fingerprint density at radius 1 is 1.18 bits per heavy atom. The molecule has 0 N–H and O–H groups in total. The van der Waals surface area contributed by atoms with Crippen molar-refractivity contribution >= 4 is 5.91 Å². The molecule has 2 fully saturated rings. The van der Waals surface area contributed by atoms with Crippen LogP contribution in [0.4, 0.5) is 0 Å². The van der Waals surface area contributed by atoms with E-state index < -0.39 is 0 Å². The van der Waals surface area contributed by atoms with Crippen LogP contribution in [0.2, 0.25) is 0 Å². The summed E-state index contributed by atoms with van der Waals surface area (Å²) in [5.41, 5.74) is 1.86. The Bertz CT molecular complexity index is 634. The minimum atomic E-state index is 0.203. The van der Waals surface area contributed by atoms with Crippen molar-refractivity contribution in [3.8, 4) is 12.3 Å². The van der Waals surface area contributed by atoms with Gasteiger partial charge in [0.05, 0.1) is 11.6 Å². The molecule has 5 nitrogen and oxygen atoms in total. The summed E-state index contributed by atoms with van der Waals surface area (Å²) in [5.74, 6) is 0.909. The predicted molar refractivity (Wildman–Crippen MR) is 80.4 cm³/mol. The lowest BCUT2D eigenvalue weighted by atomic mass is 9.90. The van der Waals surface area contributed by atoms with Crippen LogP contribution in [0.5, 0.6) is 0 Å². The molecule has 2 aliphatic heterocycles. The standard InChI is InChI=1S/C17H18N4O/c18-8-13-1-3-15(4-2-13)16-10-21(11-16)17(22)7-14-5-6-20(9-14)12-19/h1-4,14,16H,5-7,9-11H2/t14-/m0/s1. The highest BCUT2D eigenvalue weighted by Crippen LogP contribution is 2.29. The number of amides is 1. The first-order chi connectivity index (χ1) is 10.7. The summed E-state index contributed by atoms with van der Waals surface area (Å²) in [6.07, 6.45) is 3.64. The molecule has 1 aromatic carbocycles. The van der Waals surface area contributed by atoms with Gasteiger partial charge in [0, 0.05) is 38.5 Å². The lowest BCUT2D eigenvalue weighted by molar-refractivity contribution is -0.136. The molecular formula is C17H18N4O. The van der Waals surface area contributed by atoms with Crippen molar-refractivity contribution in [3.05, 3.63) is 35.4 Å². The first kappa shape index (κ1) is 14.4. The number of hydrogen-bond donors (Lipinski definition) is 0. The highest BCUT2D eigenvalue weighted by atomic mass is 16.2. The predicted octanol–water partition coefficient (Wildman–Crippen LogP) is 1.68. The van der Waals surface area contributed by atoms with E-state index in [0.29, 0.717) is 23.8 Å². The number of likely N-dealkylation sites (tertiary alicyclic amines) is 2. The van der Waals surface area contributed by atoms with E-state index in [2.05, 4.69) is 12.3 Å². The van der Waals surface area contributed by atoms with Crippen molar-refractivity contribution in [1.29, 1.82) is 10.5 Å². The van der Waals surface area contributed by atoms with Crippen LogP contribution < -0.4 is 0 Å². The van der Waals surface area contributed by atoms with Gasteiger partial charge in [0.15, 0.2) is 6.19 Å². The van der Waals surface area contributed by atoms with Gasteiger partial charge in [-0.05, 0) is 30.0 Å². The van der Waals surface area contributed by atoms with Gasteiger partial charge in [0.1, 0.15) is 0 Å². The quantitative estimate of drug-likeness (QED) is 0.795. The SMILES string of the molecule is N#Cc1ccc(C2CN(C(=O)C[C@@H]3CCN(C#N)C3)C2)cc1. The maximum atomic E-state index is 12.2. The lowest BCUT2D eigenvalue weighted by Gasteiger charge is -2.40. The molecule has 112 valence electrons. The molecule has 1 atom stereocenters. The van der Waals surface area contributed by atoms with Crippen molar-refractivity contribution in [3.63, 3.8) is 0 Å². The van der Waals surface area contributed by atoms with Crippen LogP contribution in [0.1, 0.15) is 29.9 Å². The Morgan fingerprint density at radius 2 is 1.91 bits per heavy atom. The van der Waals surface area contributed by atoms with Gasteiger partial charge in [0.25, 0.3) is 0 Å². The third-order valence-electron chi connectivity index (χ3n) is 4.64. The lowest BCUT2D eigenvalue weighted by Crippen LogP contribution is -2.48. The summed E-state index contributed by atoms with van der Waals surface area (Å²) in [6.45, 7) is 3.02. The first-order valence-corrected chi connectivity index (χ1v) is 7.62. The summed E-state index contributed by atoms with van der Waals surface area (Å²) in [4.78, 5) is 15.9. The number of carbonyl (C=O) groups excluding carboxylic acids is 1. The molecule has 0 radical (unpaired) electrons. The number of rotatable bonds is 3. The smallest absolute Gasteiger partial charge is 0.222 e.